The number of nitrogens with zero attached hydrogens (tertiary/aromatic N) is 1. The molecule has 1 aromatic heterocycles. The lowest BCUT2D eigenvalue weighted by Gasteiger charge is -2.30. The second-order valence-electron chi connectivity index (χ2n) is 4.65. The van der Waals surface area contributed by atoms with Gasteiger partial charge in [-0.2, -0.15) is 0 Å². The summed E-state index contributed by atoms with van der Waals surface area (Å²) in [6.07, 6.45) is 7.27. The third kappa shape index (κ3) is 2.49. The molecule has 1 aromatic rings. The van der Waals surface area contributed by atoms with Crippen LogP contribution in [0.4, 0.5) is 5.69 Å². The van der Waals surface area contributed by atoms with Crippen molar-refractivity contribution in [2.24, 2.45) is 5.92 Å². The molecule has 0 radical (unpaired) electrons. The van der Waals surface area contributed by atoms with Crippen LogP contribution in [0.25, 0.3) is 0 Å². The summed E-state index contributed by atoms with van der Waals surface area (Å²) in [6, 6.07) is 4.77. The van der Waals surface area contributed by atoms with Crippen LogP contribution in [0.15, 0.2) is 18.3 Å². The number of hydrogen-bond acceptors (Lipinski definition) is 2. The summed E-state index contributed by atoms with van der Waals surface area (Å²) in [5.74, 6) is 0.790. The summed E-state index contributed by atoms with van der Waals surface area (Å²) in [5.41, 5.74) is 2.31. The lowest BCUT2D eigenvalue weighted by atomic mass is 9.86. The zero-order chi connectivity index (χ0) is 10.7. The van der Waals surface area contributed by atoms with E-state index < -0.39 is 0 Å². The first-order chi connectivity index (χ1) is 7.27. The van der Waals surface area contributed by atoms with E-state index in [4.69, 9.17) is 0 Å². The Hall–Kier alpha value is -1.05. The van der Waals surface area contributed by atoms with Gasteiger partial charge in [0.25, 0.3) is 0 Å². The van der Waals surface area contributed by atoms with E-state index in [0.29, 0.717) is 6.04 Å². The molecule has 1 N–H and O–H groups in total. The van der Waals surface area contributed by atoms with E-state index in [0.717, 1.165) is 11.6 Å². The highest BCUT2D eigenvalue weighted by molar-refractivity contribution is 5.47. The monoisotopic (exact) mass is 204 g/mol. The van der Waals surface area contributed by atoms with Gasteiger partial charge in [0.2, 0.25) is 0 Å². The summed E-state index contributed by atoms with van der Waals surface area (Å²) < 4.78 is 0. The van der Waals surface area contributed by atoms with Crippen molar-refractivity contribution < 1.29 is 0 Å². The van der Waals surface area contributed by atoms with Crippen LogP contribution in [0, 0.1) is 12.8 Å². The van der Waals surface area contributed by atoms with Gasteiger partial charge in [0.1, 0.15) is 0 Å². The molecule has 1 aliphatic rings. The number of aromatic nitrogens is 1. The van der Waals surface area contributed by atoms with E-state index in [1.165, 1.54) is 31.4 Å². The standard InChI is InChI=1S/C13H20N2/c1-10-6-3-4-7-12(10)15-13-8-5-9-14-11(13)2/h5,8-10,12,15H,3-4,6-7H2,1-2H3/t10-,12+/m1/s1. The molecule has 1 aliphatic carbocycles. The maximum absolute atomic E-state index is 4.31. The molecular formula is C13H20N2. The van der Waals surface area contributed by atoms with Gasteiger partial charge in [-0.05, 0) is 37.8 Å². The van der Waals surface area contributed by atoms with E-state index in [9.17, 15) is 0 Å². The molecule has 2 heteroatoms. The van der Waals surface area contributed by atoms with E-state index >= 15 is 0 Å². The summed E-state index contributed by atoms with van der Waals surface area (Å²) in [6.45, 7) is 4.42. The third-order valence-electron chi connectivity index (χ3n) is 3.46. The van der Waals surface area contributed by atoms with Gasteiger partial charge in [0, 0.05) is 12.2 Å². The van der Waals surface area contributed by atoms with Gasteiger partial charge in [-0.3, -0.25) is 4.98 Å². The number of pyridine rings is 1. The molecule has 0 saturated heterocycles. The van der Waals surface area contributed by atoms with E-state index in [1.807, 2.05) is 12.3 Å². The summed E-state index contributed by atoms with van der Waals surface area (Å²) >= 11 is 0. The van der Waals surface area contributed by atoms with Gasteiger partial charge in [-0.1, -0.05) is 19.8 Å². The largest absolute Gasteiger partial charge is 0.381 e. The van der Waals surface area contributed by atoms with Gasteiger partial charge in [0.15, 0.2) is 0 Å². The highest BCUT2D eigenvalue weighted by Gasteiger charge is 2.21. The minimum absolute atomic E-state index is 0.640. The van der Waals surface area contributed by atoms with Crippen LogP contribution in [0.1, 0.15) is 38.3 Å². The first kappa shape index (κ1) is 10.5. The van der Waals surface area contributed by atoms with Crippen molar-refractivity contribution in [1.82, 2.24) is 4.98 Å². The van der Waals surface area contributed by atoms with Gasteiger partial charge in [0.05, 0.1) is 11.4 Å². The maximum Gasteiger partial charge on any atom is 0.0603 e. The molecule has 1 heterocycles. The Kier molecular flexibility index (Phi) is 3.24. The van der Waals surface area contributed by atoms with Crippen molar-refractivity contribution in [2.45, 2.75) is 45.6 Å². The summed E-state index contributed by atoms with van der Waals surface area (Å²) in [7, 11) is 0. The normalized spacial score (nSPS) is 26.3. The fraction of sp³-hybridized carbons (Fsp3) is 0.615. The lowest BCUT2D eigenvalue weighted by Crippen LogP contribution is -2.30. The van der Waals surface area contributed by atoms with Crippen molar-refractivity contribution in [3.63, 3.8) is 0 Å². The molecule has 1 fully saturated rings. The second kappa shape index (κ2) is 4.65. The molecule has 82 valence electrons. The van der Waals surface area contributed by atoms with Crippen molar-refractivity contribution in [3.05, 3.63) is 24.0 Å². The van der Waals surface area contributed by atoms with Crippen LogP contribution in [0.3, 0.4) is 0 Å². The molecule has 0 spiro atoms. The van der Waals surface area contributed by atoms with Gasteiger partial charge < -0.3 is 5.32 Å². The van der Waals surface area contributed by atoms with Crippen molar-refractivity contribution in [3.8, 4) is 0 Å². The second-order valence-corrected chi connectivity index (χ2v) is 4.65. The van der Waals surface area contributed by atoms with Gasteiger partial charge >= 0.3 is 0 Å². The van der Waals surface area contributed by atoms with Gasteiger partial charge in [-0.15, -0.1) is 0 Å². The Bertz CT molecular complexity index is 322. The van der Waals surface area contributed by atoms with Crippen LogP contribution in [0.2, 0.25) is 0 Å². The van der Waals surface area contributed by atoms with Crippen LogP contribution in [0.5, 0.6) is 0 Å². The number of rotatable bonds is 2. The van der Waals surface area contributed by atoms with Crippen LogP contribution in [-0.4, -0.2) is 11.0 Å². The lowest BCUT2D eigenvalue weighted by molar-refractivity contribution is 0.349. The highest BCUT2D eigenvalue weighted by Crippen LogP contribution is 2.27. The molecular weight excluding hydrogens is 184 g/mol. The number of aryl methyl sites for hydroxylation is 1. The molecule has 2 nitrogen and oxygen atoms in total. The highest BCUT2D eigenvalue weighted by atomic mass is 14.9. The molecule has 15 heavy (non-hydrogen) atoms. The molecule has 1 saturated carbocycles. The first-order valence-corrected chi connectivity index (χ1v) is 5.95. The zero-order valence-corrected chi connectivity index (χ0v) is 9.66. The van der Waals surface area contributed by atoms with E-state index in [2.05, 4.69) is 30.2 Å². The molecule has 0 bridgehead atoms. The van der Waals surface area contributed by atoms with Crippen molar-refractivity contribution in [1.29, 1.82) is 0 Å². The maximum atomic E-state index is 4.31. The quantitative estimate of drug-likeness (QED) is 0.798. The fourth-order valence-corrected chi connectivity index (χ4v) is 2.37. The molecule has 0 amide bonds. The van der Waals surface area contributed by atoms with Crippen LogP contribution < -0.4 is 5.32 Å². The fourth-order valence-electron chi connectivity index (χ4n) is 2.37. The Labute approximate surface area is 92.1 Å². The predicted octanol–water partition coefficient (Wildman–Crippen LogP) is 3.38. The average molecular weight is 204 g/mol. The summed E-state index contributed by atoms with van der Waals surface area (Å²) in [4.78, 5) is 4.31. The smallest absolute Gasteiger partial charge is 0.0603 e. The molecule has 0 aromatic carbocycles. The summed E-state index contributed by atoms with van der Waals surface area (Å²) in [5, 5.41) is 3.64. The van der Waals surface area contributed by atoms with E-state index in [-0.39, 0.29) is 0 Å². The molecule has 2 atom stereocenters. The third-order valence-corrected chi connectivity index (χ3v) is 3.46. The Morgan fingerprint density at radius 2 is 2.13 bits per heavy atom. The Morgan fingerprint density at radius 3 is 2.87 bits per heavy atom. The minimum Gasteiger partial charge on any atom is -0.381 e. The van der Waals surface area contributed by atoms with Crippen molar-refractivity contribution in [2.75, 3.05) is 5.32 Å². The number of nitrogens with one attached hydrogen (secondary N) is 1. The Morgan fingerprint density at radius 1 is 1.33 bits per heavy atom. The van der Waals surface area contributed by atoms with Gasteiger partial charge in [-0.25, -0.2) is 0 Å². The zero-order valence-electron chi connectivity index (χ0n) is 9.66. The van der Waals surface area contributed by atoms with Crippen LogP contribution >= 0.6 is 0 Å². The predicted molar refractivity (Wildman–Crippen MR) is 64.0 cm³/mol. The molecule has 2 rings (SSSR count). The minimum atomic E-state index is 0.640. The Balaban J connectivity index is 2.04. The van der Waals surface area contributed by atoms with Crippen molar-refractivity contribution >= 4 is 5.69 Å². The molecule has 0 aliphatic heterocycles. The number of anilines is 1. The SMILES string of the molecule is Cc1ncccc1N[C@H]1CCCC[C@H]1C. The van der Waals surface area contributed by atoms with E-state index in [1.54, 1.807) is 0 Å². The average Bonchev–Trinajstić information content (AvgIpc) is 2.24. The topological polar surface area (TPSA) is 24.9 Å². The molecule has 0 unspecified atom stereocenters. The first-order valence-electron chi connectivity index (χ1n) is 5.95. The number of hydrogen-bond donors (Lipinski definition) is 1. The van der Waals surface area contributed by atoms with Crippen LogP contribution in [-0.2, 0) is 0 Å².